The van der Waals surface area contributed by atoms with Gasteiger partial charge >= 0.3 is 0 Å². The first-order valence-corrected chi connectivity index (χ1v) is 10.1. The van der Waals surface area contributed by atoms with Crippen molar-refractivity contribution >= 4 is 40.7 Å². The van der Waals surface area contributed by atoms with Crippen molar-refractivity contribution in [3.63, 3.8) is 0 Å². The van der Waals surface area contributed by atoms with E-state index in [2.05, 4.69) is 5.32 Å². The zero-order chi connectivity index (χ0) is 20.8. The van der Waals surface area contributed by atoms with Crippen molar-refractivity contribution in [3.05, 3.63) is 58.1 Å². The second-order valence-corrected chi connectivity index (χ2v) is 7.74. The Balaban J connectivity index is 1.47. The lowest BCUT2D eigenvalue weighted by Gasteiger charge is -2.29. The molecule has 0 aliphatic carbocycles. The maximum Gasteiger partial charge on any atom is 0.262 e. The van der Waals surface area contributed by atoms with Crippen LogP contribution in [0.4, 0.5) is 5.69 Å². The summed E-state index contributed by atoms with van der Waals surface area (Å²) in [6, 6.07) is 11.9. The van der Waals surface area contributed by atoms with Crippen LogP contribution in [-0.4, -0.2) is 47.6 Å². The number of carbonyl (C=O) groups is 2. The first-order chi connectivity index (χ1) is 13.9. The Labute approximate surface area is 179 Å². The Morgan fingerprint density at radius 3 is 2.45 bits per heavy atom. The molecule has 6 nitrogen and oxygen atoms in total. The van der Waals surface area contributed by atoms with E-state index < -0.39 is 0 Å². The van der Waals surface area contributed by atoms with Crippen LogP contribution in [0.2, 0.25) is 10.0 Å². The number of benzene rings is 2. The van der Waals surface area contributed by atoms with Crippen molar-refractivity contribution in [2.45, 2.75) is 25.4 Å². The highest BCUT2D eigenvalue weighted by Crippen LogP contribution is 2.27. The Morgan fingerprint density at radius 1 is 1.10 bits per heavy atom. The highest BCUT2D eigenvalue weighted by molar-refractivity contribution is 6.35. The number of ether oxygens (including phenoxy) is 1. The highest BCUT2D eigenvalue weighted by Gasteiger charge is 2.21. The van der Waals surface area contributed by atoms with Crippen molar-refractivity contribution < 1.29 is 19.4 Å². The molecule has 0 unspecified atom stereocenters. The van der Waals surface area contributed by atoms with E-state index in [9.17, 15) is 14.7 Å². The summed E-state index contributed by atoms with van der Waals surface area (Å²) in [6.07, 6.45) is 1.24. The van der Waals surface area contributed by atoms with Crippen LogP contribution in [0.25, 0.3) is 0 Å². The van der Waals surface area contributed by atoms with E-state index in [1.54, 1.807) is 35.2 Å². The van der Waals surface area contributed by atoms with Gasteiger partial charge in [-0.15, -0.1) is 0 Å². The summed E-state index contributed by atoms with van der Waals surface area (Å²) in [5.41, 5.74) is 1.47. The molecule has 0 atom stereocenters. The molecule has 0 radical (unpaired) electrons. The summed E-state index contributed by atoms with van der Waals surface area (Å²) < 4.78 is 5.41. The quantitative estimate of drug-likeness (QED) is 0.725. The van der Waals surface area contributed by atoms with Gasteiger partial charge in [0.25, 0.3) is 5.91 Å². The SMILES string of the molecule is O=C(COc1ccc(Cl)cc1Cl)Nc1ccc(CC(=O)N2CCC(O)CC2)cc1. The second-order valence-electron chi connectivity index (χ2n) is 6.90. The number of hydrogen-bond donors (Lipinski definition) is 2. The average molecular weight is 437 g/mol. The third kappa shape index (κ3) is 6.35. The molecule has 154 valence electrons. The van der Waals surface area contributed by atoms with Gasteiger partial charge in [0.2, 0.25) is 5.91 Å². The minimum absolute atomic E-state index is 0.0435. The number of aliphatic hydroxyl groups is 1. The molecule has 2 aromatic rings. The van der Waals surface area contributed by atoms with Crippen LogP contribution >= 0.6 is 23.2 Å². The average Bonchev–Trinajstić information content (AvgIpc) is 2.69. The summed E-state index contributed by atoms with van der Waals surface area (Å²) in [4.78, 5) is 26.2. The van der Waals surface area contributed by atoms with Crippen LogP contribution in [-0.2, 0) is 16.0 Å². The summed E-state index contributed by atoms with van der Waals surface area (Å²) >= 11 is 11.8. The molecule has 1 aliphatic heterocycles. The number of amides is 2. The topological polar surface area (TPSA) is 78.9 Å². The second kappa shape index (κ2) is 9.96. The molecule has 1 fully saturated rings. The Bertz CT molecular complexity index is 865. The molecule has 2 N–H and O–H groups in total. The molecule has 1 saturated heterocycles. The highest BCUT2D eigenvalue weighted by atomic mass is 35.5. The fourth-order valence-electron chi connectivity index (χ4n) is 3.04. The van der Waals surface area contributed by atoms with Gasteiger partial charge in [0.15, 0.2) is 6.61 Å². The molecule has 2 aromatic carbocycles. The summed E-state index contributed by atoms with van der Waals surface area (Å²) in [7, 11) is 0. The molecule has 0 saturated carbocycles. The minimum atomic E-state index is -0.327. The predicted octanol–water partition coefficient (Wildman–Crippen LogP) is 3.54. The van der Waals surface area contributed by atoms with Crippen LogP contribution in [0.1, 0.15) is 18.4 Å². The van der Waals surface area contributed by atoms with Gasteiger partial charge in [0.05, 0.1) is 17.5 Å². The Kier molecular flexibility index (Phi) is 7.36. The lowest BCUT2D eigenvalue weighted by Crippen LogP contribution is -2.40. The zero-order valence-corrected chi connectivity index (χ0v) is 17.2. The van der Waals surface area contributed by atoms with Crippen LogP contribution in [0.15, 0.2) is 42.5 Å². The number of hydrogen-bond acceptors (Lipinski definition) is 4. The molecular weight excluding hydrogens is 415 g/mol. The van der Waals surface area contributed by atoms with E-state index in [0.29, 0.717) is 53.8 Å². The van der Waals surface area contributed by atoms with Crippen molar-refractivity contribution in [1.82, 2.24) is 4.90 Å². The lowest BCUT2D eigenvalue weighted by atomic mass is 10.1. The minimum Gasteiger partial charge on any atom is -0.482 e. The standard InChI is InChI=1S/C21H22Cl2N2O4/c22-15-3-6-19(18(23)12-15)29-13-20(27)24-16-4-1-14(2-5-16)11-21(28)25-9-7-17(26)8-10-25/h1-6,12,17,26H,7-11,13H2,(H,24,27). The zero-order valence-electron chi connectivity index (χ0n) is 15.7. The number of nitrogens with zero attached hydrogens (tertiary/aromatic N) is 1. The molecule has 0 aromatic heterocycles. The number of likely N-dealkylation sites (tertiary alicyclic amines) is 1. The van der Waals surface area contributed by atoms with E-state index in [0.717, 1.165) is 5.56 Å². The fraction of sp³-hybridized carbons (Fsp3) is 0.333. The van der Waals surface area contributed by atoms with E-state index in [4.69, 9.17) is 27.9 Å². The normalized spacial score (nSPS) is 14.5. The molecule has 2 amide bonds. The number of carbonyl (C=O) groups excluding carboxylic acids is 2. The summed E-state index contributed by atoms with van der Waals surface area (Å²) in [6.45, 7) is 0.986. The molecule has 1 heterocycles. The first kappa shape index (κ1) is 21.4. The smallest absolute Gasteiger partial charge is 0.262 e. The molecule has 0 spiro atoms. The van der Waals surface area contributed by atoms with Gasteiger partial charge < -0.3 is 20.1 Å². The van der Waals surface area contributed by atoms with Crippen LogP contribution < -0.4 is 10.1 Å². The van der Waals surface area contributed by atoms with Crippen LogP contribution in [0.5, 0.6) is 5.75 Å². The number of nitrogens with one attached hydrogen (secondary N) is 1. The molecular formula is C21H22Cl2N2O4. The molecule has 3 rings (SSSR count). The van der Waals surface area contributed by atoms with Gasteiger partial charge in [0, 0.05) is 23.8 Å². The van der Waals surface area contributed by atoms with Crippen molar-refractivity contribution in [2.75, 3.05) is 25.0 Å². The number of rotatable bonds is 6. The van der Waals surface area contributed by atoms with Crippen LogP contribution in [0.3, 0.4) is 0 Å². The maximum absolute atomic E-state index is 12.3. The number of halogens is 2. The van der Waals surface area contributed by atoms with Gasteiger partial charge in [-0.3, -0.25) is 9.59 Å². The van der Waals surface area contributed by atoms with Crippen molar-refractivity contribution in [1.29, 1.82) is 0 Å². The lowest BCUT2D eigenvalue weighted by molar-refractivity contribution is -0.132. The van der Waals surface area contributed by atoms with E-state index in [1.165, 1.54) is 0 Å². The third-order valence-electron chi connectivity index (χ3n) is 4.66. The fourth-order valence-corrected chi connectivity index (χ4v) is 3.50. The van der Waals surface area contributed by atoms with Gasteiger partial charge in [-0.05, 0) is 48.7 Å². The van der Waals surface area contributed by atoms with E-state index in [-0.39, 0.29) is 24.5 Å². The summed E-state index contributed by atoms with van der Waals surface area (Å²) in [5.74, 6) is 0.0963. The largest absolute Gasteiger partial charge is 0.482 e. The third-order valence-corrected chi connectivity index (χ3v) is 5.19. The van der Waals surface area contributed by atoms with Gasteiger partial charge in [0.1, 0.15) is 5.75 Å². The van der Waals surface area contributed by atoms with E-state index >= 15 is 0 Å². The first-order valence-electron chi connectivity index (χ1n) is 9.33. The Hall–Kier alpha value is -2.28. The van der Waals surface area contributed by atoms with Crippen molar-refractivity contribution in [3.8, 4) is 5.75 Å². The van der Waals surface area contributed by atoms with E-state index in [1.807, 2.05) is 12.1 Å². The van der Waals surface area contributed by atoms with Crippen LogP contribution in [0, 0.1) is 0 Å². The monoisotopic (exact) mass is 436 g/mol. The Morgan fingerprint density at radius 2 is 1.79 bits per heavy atom. The van der Waals surface area contributed by atoms with Gasteiger partial charge in [-0.25, -0.2) is 0 Å². The number of aliphatic hydroxyl groups excluding tert-OH is 1. The maximum atomic E-state index is 12.3. The molecule has 0 bridgehead atoms. The summed E-state index contributed by atoms with van der Waals surface area (Å²) in [5, 5.41) is 13.1. The van der Waals surface area contributed by atoms with Gasteiger partial charge in [-0.2, -0.15) is 0 Å². The number of anilines is 1. The number of piperidine rings is 1. The molecule has 8 heteroatoms. The molecule has 1 aliphatic rings. The van der Waals surface area contributed by atoms with Crippen molar-refractivity contribution in [2.24, 2.45) is 0 Å². The predicted molar refractivity (Wildman–Crippen MR) is 113 cm³/mol. The van der Waals surface area contributed by atoms with Gasteiger partial charge in [-0.1, -0.05) is 35.3 Å². The molecule has 29 heavy (non-hydrogen) atoms.